The van der Waals surface area contributed by atoms with Crippen LogP contribution in [0.15, 0.2) is 27.6 Å². The van der Waals surface area contributed by atoms with Crippen molar-refractivity contribution in [3.63, 3.8) is 0 Å². The maximum absolute atomic E-state index is 3.40. The predicted molar refractivity (Wildman–Crippen MR) is 54.4 cm³/mol. The van der Waals surface area contributed by atoms with E-state index in [9.17, 15) is 0 Å². The summed E-state index contributed by atoms with van der Waals surface area (Å²) in [6, 6.07) is 6.14. The molecule has 1 aromatic rings. The number of nitrogens with one attached hydrogen (secondary N) is 1. The van der Waals surface area contributed by atoms with Gasteiger partial charge in [0.05, 0.1) is 10.6 Å². The Morgan fingerprint density at radius 1 is 1.45 bits per heavy atom. The summed E-state index contributed by atoms with van der Waals surface area (Å²) in [7, 11) is 0. The minimum absolute atomic E-state index is 1.09. The second-order valence-electron chi connectivity index (χ2n) is 2.09. The van der Waals surface area contributed by atoms with Crippen molar-refractivity contribution in [3.8, 4) is 0 Å². The first-order valence-corrected chi connectivity index (χ1v) is 5.23. The second-order valence-corrected chi connectivity index (χ2v) is 5.17. The molecule has 0 saturated heterocycles. The van der Waals surface area contributed by atoms with Gasteiger partial charge in [0.15, 0.2) is 0 Å². The summed E-state index contributed by atoms with van der Waals surface area (Å²) >= 11 is 8.33. The van der Waals surface area contributed by atoms with Crippen LogP contribution >= 0.6 is 44.0 Å². The van der Waals surface area contributed by atoms with E-state index in [1.807, 2.05) is 12.1 Å². The van der Waals surface area contributed by atoms with Crippen molar-refractivity contribution in [1.82, 2.24) is 3.44 Å². The molecule has 2 nitrogen and oxygen atoms in total. The molecule has 1 aliphatic rings. The van der Waals surface area contributed by atoms with Crippen LogP contribution in [0.4, 0.5) is 5.69 Å². The Hall–Kier alpha value is 0.290. The van der Waals surface area contributed by atoms with E-state index in [2.05, 4.69) is 43.6 Å². The second kappa shape index (κ2) is 2.97. The van der Waals surface area contributed by atoms with Gasteiger partial charge in [0.25, 0.3) is 0 Å². The van der Waals surface area contributed by atoms with Crippen molar-refractivity contribution >= 4 is 49.7 Å². The lowest BCUT2D eigenvalue weighted by Crippen LogP contribution is -2.02. The normalized spacial score (nSPS) is 16.2. The summed E-state index contributed by atoms with van der Waals surface area (Å²) in [4.78, 5) is 1.23. The van der Waals surface area contributed by atoms with E-state index in [1.54, 1.807) is 15.4 Å². The zero-order valence-corrected chi connectivity index (χ0v) is 9.33. The van der Waals surface area contributed by atoms with Gasteiger partial charge < -0.3 is 0 Å². The molecule has 0 atom stereocenters. The number of hydrogen-bond acceptors (Lipinski definition) is 3. The highest BCUT2D eigenvalue weighted by Crippen LogP contribution is 2.40. The number of halogens is 2. The molecule has 1 N–H and O–H groups in total. The zero-order chi connectivity index (χ0) is 7.84. The number of hydrogen-bond donors (Lipinski definition) is 1. The fraction of sp³-hybridized carbons (Fsp3) is 0. The Labute approximate surface area is 85.9 Å². The molecule has 1 aromatic carbocycles. The van der Waals surface area contributed by atoms with E-state index in [-0.39, 0.29) is 0 Å². The summed E-state index contributed by atoms with van der Waals surface area (Å²) in [5.74, 6) is 0. The molecule has 0 amide bonds. The van der Waals surface area contributed by atoms with Gasteiger partial charge in [0.2, 0.25) is 0 Å². The van der Waals surface area contributed by atoms with Crippen LogP contribution in [0.5, 0.6) is 0 Å². The van der Waals surface area contributed by atoms with Gasteiger partial charge in [0.1, 0.15) is 0 Å². The lowest BCUT2D eigenvalue weighted by molar-refractivity contribution is 0.965. The van der Waals surface area contributed by atoms with Crippen LogP contribution < -0.4 is 5.43 Å². The van der Waals surface area contributed by atoms with Gasteiger partial charge in [-0.3, -0.25) is 5.43 Å². The van der Waals surface area contributed by atoms with Gasteiger partial charge in [-0.25, -0.2) is 0 Å². The lowest BCUT2D eigenvalue weighted by atomic mass is 10.3. The average molecular weight is 296 g/mol. The standard InChI is InChI=1S/C6H4Br2N2S/c7-4-1-2-6-5(3-4)9-10(8)11-6/h1-3,9H. The van der Waals surface area contributed by atoms with Gasteiger partial charge in [0, 0.05) is 20.6 Å². The number of anilines is 1. The number of nitrogens with zero attached hydrogens (tertiary/aromatic N) is 1. The SMILES string of the molecule is Brc1ccc2c(c1)NN(Br)S2. The number of rotatable bonds is 0. The van der Waals surface area contributed by atoms with Crippen LogP contribution in [0.1, 0.15) is 0 Å². The highest BCUT2D eigenvalue weighted by Gasteiger charge is 2.16. The van der Waals surface area contributed by atoms with Crippen LogP contribution in [-0.2, 0) is 0 Å². The molecule has 0 fully saturated rings. The molecule has 1 aliphatic heterocycles. The highest BCUT2D eigenvalue weighted by atomic mass is 79.9. The summed E-state index contributed by atoms with van der Waals surface area (Å²) in [6.45, 7) is 0. The largest absolute Gasteiger partial charge is 0.298 e. The molecule has 5 heteroatoms. The molecule has 0 radical (unpaired) electrons. The van der Waals surface area contributed by atoms with E-state index in [0.717, 1.165) is 10.2 Å². The Morgan fingerprint density at radius 2 is 2.27 bits per heavy atom. The monoisotopic (exact) mass is 294 g/mol. The van der Waals surface area contributed by atoms with Crippen LogP contribution in [-0.4, -0.2) is 3.44 Å². The Kier molecular flexibility index (Phi) is 2.14. The van der Waals surface area contributed by atoms with Crippen LogP contribution in [0.2, 0.25) is 0 Å². The molecule has 58 valence electrons. The van der Waals surface area contributed by atoms with Crippen molar-refractivity contribution in [3.05, 3.63) is 22.7 Å². The maximum Gasteiger partial charge on any atom is 0.0669 e. The van der Waals surface area contributed by atoms with Gasteiger partial charge >= 0.3 is 0 Å². The van der Waals surface area contributed by atoms with Crippen LogP contribution in [0, 0.1) is 0 Å². The number of hydrazine groups is 1. The van der Waals surface area contributed by atoms with Crippen molar-refractivity contribution in [1.29, 1.82) is 0 Å². The van der Waals surface area contributed by atoms with Gasteiger partial charge in [-0.05, 0) is 30.1 Å². The van der Waals surface area contributed by atoms with Gasteiger partial charge in [-0.15, -0.1) is 0 Å². The summed E-state index contributed by atoms with van der Waals surface area (Å²) in [5, 5.41) is 0. The molecule has 0 bridgehead atoms. The highest BCUT2D eigenvalue weighted by molar-refractivity contribution is 9.10. The molecule has 2 rings (SSSR count). The van der Waals surface area contributed by atoms with E-state index in [1.165, 1.54) is 4.90 Å². The fourth-order valence-electron chi connectivity index (χ4n) is 0.873. The minimum Gasteiger partial charge on any atom is -0.298 e. The van der Waals surface area contributed by atoms with E-state index >= 15 is 0 Å². The van der Waals surface area contributed by atoms with E-state index in [4.69, 9.17) is 0 Å². The molecular formula is C6H4Br2N2S. The van der Waals surface area contributed by atoms with Crippen LogP contribution in [0.25, 0.3) is 0 Å². The van der Waals surface area contributed by atoms with Crippen molar-refractivity contribution in [2.24, 2.45) is 0 Å². The minimum atomic E-state index is 1.09. The topological polar surface area (TPSA) is 15.3 Å². The molecule has 0 unspecified atom stereocenters. The van der Waals surface area contributed by atoms with Gasteiger partial charge in [-0.1, -0.05) is 19.4 Å². The fourth-order valence-corrected chi connectivity index (χ4v) is 2.54. The molecule has 0 aromatic heterocycles. The van der Waals surface area contributed by atoms with Crippen molar-refractivity contribution in [2.45, 2.75) is 4.90 Å². The molecule has 0 saturated carbocycles. The third kappa shape index (κ3) is 1.56. The first kappa shape index (κ1) is 7.91. The van der Waals surface area contributed by atoms with Crippen LogP contribution in [0.3, 0.4) is 0 Å². The van der Waals surface area contributed by atoms with Crippen molar-refractivity contribution in [2.75, 3.05) is 5.43 Å². The molecule has 11 heavy (non-hydrogen) atoms. The molecular weight excluding hydrogens is 292 g/mol. The maximum atomic E-state index is 3.40. The molecule has 1 heterocycles. The number of benzene rings is 1. The average Bonchev–Trinajstić information content (AvgIpc) is 2.27. The van der Waals surface area contributed by atoms with E-state index in [0.29, 0.717) is 0 Å². The third-order valence-electron chi connectivity index (χ3n) is 1.33. The zero-order valence-electron chi connectivity index (χ0n) is 5.34. The number of fused-ring (bicyclic) bond motifs is 1. The smallest absolute Gasteiger partial charge is 0.0669 e. The Morgan fingerprint density at radius 3 is 3.09 bits per heavy atom. The third-order valence-corrected chi connectivity index (χ3v) is 3.24. The van der Waals surface area contributed by atoms with E-state index < -0.39 is 0 Å². The first-order chi connectivity index (χ1) is 5.25. The molecule has 0 spiro atoms. The van der Waals surface area contributed by atoms with Crippen molar-refractivity contribution < 1.29 is 0 Å². The summed E-state index contributed by atoms with van der Waals surface area (Å²) in [5.41, 5.74) is 4.25. The first-order valence-electron chi connectivity index (χ1n) is 2.96. The summed E-state index contributed by atoms with van der Waals surface area (Å²) < 4.78 is 2.89. The molecule has 0 aliphatic carbocycles. The summed E-state index contributed by atoms with van der Waals surface area (Å²) in [6.07, 6.45) is 0. The quantitative estimate of drug-likeness (QED) is 0.583. The lowest BCUT2D eigenvalue weighted by Gasteiger charge is -2.01. The predicted octanol–water partition coefficient (Wildman–Crippen LogP) is 3.41. The Balaban J connectivity index is 2.43. The Bertz CT molecular complexity index is 292. The van der Waals surface area contributed by atoms with Gasteiger partial charge in [-0.2, -0.15) is 0 Å².